The normalized spacial score (nSPS) is 23.0. The Bertz CT molecular complexity index is 421. The molecule has 1 saturated heterocycles. The van der Waals surface area contributed by atoms with Gasteiger partial charge in [0.2, 0.25) is 5.91 Å². The van der Waals surface area contributed by atoms with Crippen LogP contribution in [0.5, 0.6) is 0 Å². The summed E-state index contributed by atoms with van der Waals surface area (Å²) in [6.45, 7) is 10.2. The maximum Gasteiger partial charge on any atom is 0.241 e. The van der Waals surface area contributed by atoms with Crippen molar-refractivity contribution in [1.29, 1.82) is 0 Å². The summed E-state index contributed by atoms with van der Waals surface area (Å²) in [5.41, 5.74) is 1.20. The molecular formula is C15H25N3OS. The first-order valence-corrected chi connectivity index (χ1v) is 8.42. The SMILES string of the molecule is CCCN(CC)CCN1C(=O)C(C)NC1c1ccsc1. The van der Waals surface area contributed by atoms with Crippen molar-refractivity contribution < 1.29 is 4.79 Å². The van der Waals surface area contributed by atoms with Gasteiger partial charge in [-0.05, 0) is 48.8 Å². The molecule has 112 valence electrons. The third-order valence-electron chi connectivity index (χ3n) is 3.88. The number of amides is 1. The summed E-state index contributed by atoms with van der Waals surface area (Å²) in [4.78, 5) is 16.7. The molecule has 2 unspecified atom stereocenters. The lowest BCUT2D eigenvalue weighted by Crippen LogP contribution is -2.38. The fraction of sp³-hybridized carbons (Fsp3) is 0.667. The van der Waals surface area contributed by atoms with Crippen LogP contribution in [0.1, 0.15) is 38.9 Å². The molecule has 1 aromatic rings. The van der Waals surface area contributed by atoms with Crippen LogP contribution in [-0.4, -0.2) is 47.9 Å². The molecule has 1 N–H and O–H groups in total. The highest BCUT2D eigenvalue weighted by Gasteiger charge is 2.36. The highest BCUT2D eigenvalue weighted by molar-refractivity contribution is 7.07. The van der Waals surface area contributed by atoms with Gasteiger partial charge < -0.3 is 9.80 Å². The second-order valence-corrected chi connectivity index (χ2v) is 6.09. The van der Waals surface area contributed by atoms with Crippen LogP contribution in [0.15, 0.2) is 16.8 Å². The molecule has 0 aromatic carbocycles. The predicted octanol–water partition coefficient (Wildman–Crippen LogP) is 2.30. The molecular weight excluding hydrogens is 270 g/mol. The van der Waals surface area contributed by atoms with Crippen LogP contribution in [0, 0.1) is 0 Å². The molecule has 0 spiro atoms. The van der Waals surface area contributed by atoms with Crippen molar-refractivity contribution in [3.63, 3.8) is 0 Å². The van der Waals surface area contributed by atoms with Crippen molar-refractivity contribution in [2.24, 2.45) is 0 Å². The number of thiophene rings is 1. The average molecular weight is 295 g/mol. The molecule has 1 fully saturated rings. The van der Waals surface area contributed by atoms with E-state index in [0.29, 0.717) is 0 Å². The van der Waals surface area contributed by atoms with Crippen LogP contribution < -0.4 is 5.32 Å². The van der Waals surface area contributed by atoms with Crippen LogP contribution in [0.25, 0.3) is 0 Å². The highest BCUT2D eigenvalue weighted by Crippen LogP contribution is 2.26. The number of carbonyl (C=O) groups is 1. The standard InChI is InChI=1S/C15H25N3OS/c1-4-7-17(5-2)8-9-18-14(13-6-10-20-11-13)16-12(3)15(18)19/h6,10-12,14,16H,4-5,7-9H2,1-3H3. The zero-order chi connectivity index (χ0) is 14.5. The molecule has 0 saturated carbocycles. The molecule has 20 heavy (non-hydrogen) atoms. The van der Waals surface area contributed by atoms with E-state index >= 15 is 0 Å². The zero-order valence-corrected chi connectivity index (χ0v) is 13.4. The van der Waals surface area contributed by atoms with E-state index in [9.17, 15) is 4.79 Å². The van der Waals surface area contributed by atoms with Gasteiger partial charge >= 0.3 is 0 Å². The van der Waals surface area contributed by atoms with Gasteiger partial charge in [-0.2, -0.15) is 11.3 Å². The fourth-order valence-electron chi connectivity index (χ4n) is 2.71. The minimum atomic E-state index is -0.0823. The Balaban J connectivity index is 2.01. The summed E-state index contributed by atoms with van der Waals surface area (Å²) in [5.74, 6) is 0.216. The van der Waals surface area contributed by atoms with Crippen LogP contribution in [0.4, 0.5) is 0 Å². The Morgan fingerprint density at radius 3 is 2.80 bits per heavy atom. The van der Waals surface area contributed by atoms with Crippen molar-refractivity contribution in [3.05, 3.63) is 22.4 Å². The number of rotatable bonds is 7. The van der Waals surface area contributed by atoms with Crippen molar-refractivity contribution in [3.8, 4) is 0 Å². The lowest BCUT2D eigenvalue weighted by molar-refractivity contribution is -0.130. The third kappa shape index (κ3) is 3.40. The van der Waals surface area contributed by atoms with Gasteiger partial charge in [0.25, 0.3) is 0 Å². The quantitative estimate of drug-likeness (QED) is 0.838. The van der Waals surface area contributed by atoms with Gasteiger partial charge in [0.05, 0.1) is 6.04 Å². The molecule has 2 heterocycles. The second kappa shape index (κ2) is 7.20. The number of hydrogen-bond donors (Lipinski definition) is 1. The van der Waals surface area contributed by atoms with Gasteiger partial charge in [-0.15, -0.1) is 0 Å². The van der Waals surface area contributed by atoms with E-state index in [1.807, 2.05) is 11.8 Å². The lowest BCUT2D eigenvalue weighted by atomic mass is 10.2. The number of hydrogen-bond acceptors (Lipinski definition) is 4. The van der Waals surface area contributed by atoms with Crippen molar-refractivity contribution >= 4 is 17.2 Å². The van der Waals surface area contributed by atoms with Crippen molar-refractivity contribution in [2.75, 3.05) is 26.2 Å². The highest BCUT2D eigenvalue weighted by atomic mass is 32.1. The minimum absolute atomic E-state index is 0.0454. The lowest BCUT2D eigenvalue weighted by Gasteiger charge is -2.27. The summed E-state index contributed by atoms with van der Waals surface area (Å²) in [6.07, 6.45) is 1.20. The molecule has 5 heteroatoms. The maximum absolute atomic E-state index is 12.3. The van der Waals surface area contributed by atoms with E-state index in [4.69, 9.17) is 0 Å². The first-order valence-electron chi connectivity index (χ1n) is 7.48. The Kier molecular flexibility index (Phi) is 5.57. The summed E-state index contributed by atoms with van der Waals surface area (Å²) in [5, 5.41) is 7.59. The van der Waals surface area contributed by atoms with Crippen LogP contribution in [-0.2, 0) is 4.79 Å². The molecule has 0 aliphatic carbocycles. The van der Waals surface area contributed by atoms with Gasteiger partial charge in [-0.1, -0.05) is 13.8 Å². The summed E-state index contributed by atoms with van der Waals surface area (Å²) < 4.78 is 0. The van der Waals surface area contributed by atoms with Crippen LogP contribution >= 0.6 is 11.3 Å². The number of likely N-dealkylation sites (N-methyl/N-ethyl adjacent to an activating group) is 1. The Morgan fingerprint density at radius 2 is 2.20 bits per heavy atom. The first-order chi connectivity index (χ1) is 9.67. The second-order valence-electron chi connectivity index (χ2n) is 5.31. The van der Waals surface area contributed by atoms with E-state index < -0.39 is 0 Å². The summed E-state index contributed by atoms with van der Waals surface area (Å²) in [7, 11) is 0. The topological polar surface area (TPSA) is 35.6 Å². The van der Waals surface area contributed by atoms with Gasteiger partial charge in [0.15, 0.2) is 0 Å². The van der Waals surface area contributed by atoms with Gasteiger partial charge in [0, 0.05) is 13.1 Å². The molecule has 0 radical (unpaired) electrons. The van der Waals surface area contributed by atoms with Crippen LogP contribution in [0.3, 0.4) is 0 Å². The molecule has 4 nitrogen and oxygen atoms in total. The predicted molar refractivity (Wildman–Crippen MR) is 83.8 cm³/mol. The zero-order valence-electron chi connectivity index (χ0n) is 12.6. The molecule has 0 bridgehead atoms. The molecule has 1 amide bonds. The molecule has 1 aliphatic heterocycles. The van der Waals surface area contributed by atoms with E-state index in [0.717, 1.165) is 32.6 Å². The largest absolute Gasteiger partial charge is 0.320 e. The van der Waals surface area contributed by atoms with E-state index in [-0.39, 0.29) is 18.1 Å². The van der Waals surface area contributed by atoms with Gasteiger partial charge in [-0.25, -0.2) is 0 Å². The Labute approximate surface area is 125 Å². The van der Waals surface area contributed by atoms with E-state index in [1.54, 1.807) is 11.3 Å². The van der Waals surface area contributed by atoms with Crippen molar-refractivity contribution in [2.45, 2.75) is 39.4 Å². The first kappa shape index (κ1) is 15.5. The number of nitrogens with zero attached hydrogens (tertiary/aromatic N) is 2. The smallest absolute Gasteiger partial charge is 0.241 e. The fourth-order valence-corrected chi connectivity index (χ4v) is 3.39. The molecule has 2 rings (SSSR count). The van der Waals surface area contributed by atoms with E-state index in [1.165, 1.54) is 5.56 Å². The Morgan fingerprint density at radius 1 is 1.40 bits per heavy atom. The van der Waals surface area contributed by atoms with E-state index in [2.05, 4.69) is 40.9 Å². The summed E-state index contributed by atoms with van der Waals surface area (Å²) >= 11 is 1.68. The third-order valence-corrected chi connectivity index (χ3v) is 4.58. The maximum atomic E-state index is 12.3. The number of nitrogens with one attached hydrogen (secondary N) is 1. The molecule has 1 aliphatic rings. The molecule has 1 aromatic heterocycles. The van der Waals surface area contributed by atoms with Crippen molar-refractivity contribution in [1.82, 2.24) is 15.1 Å². The van der Waals surface area contributed by atoms with Crippen LogP contribution in [0.2, 0.25) is 0 Å². The monoisotopic (exact) mass is 295 g/mol. The molecule has 2 atom stereocenters. The average Bonchev–Trinajstić information content (AvgIpc) is 3.05. The van der Waals surface area contributed by atoms with Gasteiger partial charge in [0.1, 0.15) is 6.17 Å². The summed E-state index contributed by atoms with van der Waals surface area (Å²) in [6, 6.07) is 2.02. The number of carbonyl (C=O) groups excluding carboxylic acids is 1. The Hall–Kier alpha value is -0.910. The minimum Gasteiger partial charge on any atom is -0.320 e. The van der Waals surface area contributed by atoms with Gasteiger partial charge in [-0.3, -0.25) is 10.1 Å².